The van der Waals surface area contributed by atoms with E-state index >= 15 is 0 Å². The fourth-order valence-corrected chi connectivity index (χ4v) is 2.23. The minimum absolute atomic E-state index is 0.0406. The molecule has 0 spiro atoms. The molecular formula is C13H16BrNO2. The van der Waals surface area contributed by atoms with Gasteiger partial charge in [-0.3, -0.25) is 4.79 Å². The molecule has 2 rings (SSSR count). The van der Waals surface area contributed by atoms with Gasteiger partial charge in [-0.15, -0.1) is 0 Å². The number of aryl methyl sites for hydroxylation is 1. The Bertz CT molecular complexity index is 414. The largest absolute Gasteiger partial charge is 0.376 e. The second-order valence-electron chi connectivity index (χ2n) is 4.31. The Balaban J connectivity index is 1.92. The summed E-state index contributed by atoms with van der Waals surface area (Å²) in [7, 11) is 0. The number of ether oxygens (including phenoxy) is 1. The molecule has 17 heavy (non-hydrogen) atoms. The van der Waals surface area contributed by atoms with Crippen molar-refractivity contribution in [1.82, 2.24) is 5.32 Å². The van der Waals surface area contributed by atoms with Crippen molar-refractivity contribution in [2.45, 2.75) is 25.9 Å². The monoisotopic (exact) mass is 297 g/mol. The van der Waals surface area contributed by atoms with E-state index < -0.39 is 0 Å². The highest BCUT2D eigenvalue weighted by molar-refractivity contribution is 9.10. The summed E-state index contributed by atoms with van der Waals surface area (Å²) < 4.78 is 6.42. The first kappa shape index (κ1) is 12.6. The third kappa shape index (κ3) is 3.30. The van der Waals surface area contributed by atoms with Gasteiger partial charge in [0.2, 0.25) is 0 Å². The quantitative estimate of drug-likeness (QED) is 0.931. The number of rotatable bonds is 3. The van der Waals surface area contributed by atoms with E-state index in [1.165, 1.54) is 0 Å². The summed E-state index contributed by atoms with van der Waals surface area (Å²) in [5.74, 6) is -0.0406. The zero-order chi connectivity index (χ0) is 12.3. The molecule has 0 unspecified atom stereocenters. The van der Waals surface area contributed by atoms with Crippen LogP contribution in [-0.2, 0) is 4.74 Å². The Hall–Kier alpha value is -0.870. The summed E-state index contributed by atoms with van der Waals surface area (Å²) in [6, 6.07) is 5.62. The smallest absolute Gasteiger partial charge is 0.251 e. The number of nitrogens with one attached hydrogen (secondary N) is 1. The lowest BCUT2D eigenvalue weighted by Gasteiger charge is -2.11. The maximum absolute atomic E-state index is 11.9. The van der Waals surface area contributed by atoms with Gasteiger partial charge in [-0.25, -0.2) is 0 Å². The summed E-state index contributed by atoms with van der Waals surface area (Å²) in [5.41, 5.74) is 1.81. The first-order valence-corrected chi connectivity index (χ1v) is 6.62. The summed E-state index contributed by atoms with van der Waals surface area (Å²) in [6.07, 6.45) is 2.32. The second-order valence-corrected chi connectivity index (χ2v) is 5.16. The lowest BCUT2D eigenvalue weighted by molar-refractivity contribution is 0.0857. The van der Waals surface area contributed by atoms with Crippen LogP contribution in [-0.4, -0.2) is 25.2 Å². The first-order valence-electron chi connectivity index (χ1n) is 5.83. The fourth-order valence-electron chi connectivity index (χ4n) is 1.85. The SMILES string of the molecule is Cc1ccc(C(=O)NC[C@H]2CCCO2)cc1Br. The average molecular weight is 298 g/mol. The number of carbonyl (C=O) groups is 1. The van der Waals surface area contributed by atoms with E-state index in [1.807, 2.05) is 25.1 Å². The lowest BCUT2D eigenvalue weighted by Crippen LogP contribution is -2.31. The average Bonchev–Trinajstić information content (AvgIpc) is 2.82. The van der Waals surface area contributed by atoms with Crippen LogP contribution in [0.3, 0.4) is 0 Å². The van der Waals surface area contributed by atoms with Crippen molar-refractivity contribution in [1.29, 1.82) is 0 Å². The second kappa shape index (κ2) is 5.65. The van der Waals surface area contributed by atoms with Crippen LogP contribution in [0.15, 0.2) is 22.7 Å². The first-order chi connectivity index (χ1) is 8.16. The van der Waals surface area contributed by atoms with Crippen molar-refractivity contribution in [2.24, 2.45) is 0 Å². The van der Waals surface area contributed by atoms with Crippen LogP contribution in [0, 0.1) is 6.92 Å². The molecule has 1 atom stereocenters. The van der Waals surface area contributed by atoms with Gasteiger partial charge >= 0.3 is 0 Å². The van der Waals surface area contributed by atoms with Gasteiger partial charge in [0, 0.05) is 23.2 Å². The van der Waals surface area contributed by atoms with Gasteiger partial charge in [0.1, 0.15) is 0 Å². The Morgan fingerprint density at radius 3 is 3.06 bits per heavy atom. The molecule has 1 aromatic carbocycles. The third-order valence-electron chi connectivity index (χ3n) is 2.95. The van der Waals surface area contributed by atoms with Gasteiger partial charge in [-0.2, -0.15) is 0 Å². The molecule has 1 amide bonds. The number of hydrogen-bond acceptors (Lipinski definition) is 2. The van der Waals surface area contributed by atoms with Crippen molar-refractivity contribution >= 4 is 21.8 Å². The lowest BCUT2D eigenvalue weighted by atomic mass is 10.1. The van der Waals surface area contributed by atoms with E-state index in [2.05, 4.69) is 21.2 Å². The van der Waals surface area contributed by atoms with Crippen molar-refractivity contribution in [2.75, 3.05) is 13.2 Å². The number of amides is 1. The van der Waals surface area contributed by atoms with Gasteiger partial charge in [0.05, 0.1) is 6.10 Å². The molecule has 3 nitrogen and oxygen atoms in total. The van der Waals surface area contributed by atoms with Crippen molar-refractivity contribution in [3.05, 3.63) is 33.8 Å². The van der Waals surface area contributed by atoms with E-state index in [4.69, 9.17) is 4.74 Å². The van der Waals surface area contributed by atoms with Crippen LogP contribution in [0.5, 0.6) is 0 Å². The predicted octanol–water partition coefficient (Wildman–Crippen LogP) is 2.67. The Morgan fingerprint density at radius 1 is 1.59 bits per heavy atom. The molecule has 0 bridgehead atoms. The Labute approximate surface area is 110 Å². The zero-order valence-electron chi connectivity index (χ0n) is 9.83. The molecule has 0 saturated carbocycles. The summed E-state index contributed by atoms with van der Waals surface area (Å²) in [5, 5.41) is 2.90. The van der Waals surface area contributed by atoms with Gasteiger partial charge < -0.3 is 10.1 Å². The minimum atomic E-state index is -0.0406. The van der Waals surface area contributed by atoms with Gasteiger partial charge in [0.25, 0.3) is 5.91 Å². The summed E-state index contributed by atoms with van der Waals surface area (Å²) in [6.45, 7) is 3.42. The molecule has 0 aromatic heterocycles. The third-order valence-corrected chi connectivity index (χ3v) is 3.80. The van der Waals surface area contributed by atoms with E-state index in [9.17, 15) is 4.79 Å². The van der Waals surface area contributed by atoms with Crippen LogP contribution < -0.4 is 5.32 Å². The number of halogens is 1. The molecule has 1 fully saturated rings. The van der Waals surface area contributed by atoms with E-state index in [0.717, 1.165) is 29.5 Å². The predicted molar refractivity (Wildman–Crippen MR) is 70.2 cm³/mol. The molecule has 92 valence electrons. The van der Waals surface area contributed by atoms with E-state index in [-0.39, 0.29) is 12.0 Å². The van der Waals surface area contributed by atoms with Crippen LogP contribution >= 0.6 is 15.9 Å². The molecule has 0 aliphatic carbocycles. The molecule has 1 aliphatic rings. The molecule has 0 radical (unpaired) electrons. The van der Waals surface area contributed by atoms with Crippen LogP contribution in [0.25, 0.3) is 0 Å². The van der Waals surface area contributed by atoms with Crippen LogP contribution in [0.2, 0.25) is 0 Å². The highest BCUT2D eigenvalue weighted by atomic mass is 79.9. The zero-order valence-corrected chi connectivity index (χ0v) is 11.4. The molecule has 4 heteroatoms. The van der Waals surface area contributed by atoms with E-state index in [0.29, 0.717) is 12.1 Å². The molecule has 1 aromatic rings. The van der Waals surface area contributed by atoms with E-state index in [1.54, 1.807) is 0 Å². The van der Waals surface area contributed by atoms with Gasteiger partial charge in [0.15, 0.2) is 0 Å². The van der Waals surface area contributed by atoms with Crippen LogP contribution in [0.1, 0.15) is 28.8 Å². The Morgan fingerprint density at radius 2 is 2.41 bits per heavy atom. The number of hydrogen-bond donors (Lipinski definition) is 1. The molecular weight excluding hydrogens is 282 g/mol. The highest BCUT2D eigenvalue weighted by Crippen LogP contribution is 2.17. The standard InChI is InChI=1S/C13H16BrNO2/c1-9-4-5-10(7-12(9)14)13(16)15-8-11-3-2-6-17-11/h4-5,7,11H,2-3,6,8H2,1H3,(H,15,16)/t11-/m1/s1. The highest BCUT2D eigenvalue weighted by Gasteiger charge is 2.16. The van der Waals surface area contributed by atoms with Crippen molar-refractivity contribution < 1.29 is 9.53 Å². The number of carbonyl (C=O) groups excluding carboxylic acids is 1. The summed E-state index contributed by atoms with van der Waals surface area (Å²) >= 11 is 3.43. The van der Waals surface area contributed by atoms with Crippen molar-refractivity contribution in [3.8, 4) is 0 Å². The fraction of sp³-hybridized carbons (Fsp3) is 0.462. The topological polar surface area (TPSA) is 38.3 Å². The summed E-state index contributed by atoms with van der Waals surface area (Å²) in [4.78, 5) is 11.9. The van der Waals surface area contributed by atoms with Crippen molar-refractivity contribution in [3.63, 3.8) is 0 Å². The maximum Gasteiger partial charge on any atom is 0.251 e. The molecule has 1 aliphatic heterocycles. The van der Waals surface area contributed by atoms with Gasteiger partial charge in [-0.1, -0.05) is 22.0 Å². The van der Waals surface area contributed by atoms with Gasteiger partial charge in [-0.05, 0) is 37.5 Å². The normalized spacial score (nSPS) is 19.3. The maximum atomic E-state index is 11.9. The number of benzene rings is 1. The molecule has 1 N–H and O–H groups in total. The molecule has 1 heterocycles. The molecule has 1 saturated heterocycles. The van der Waals surface area contributed by atoms with Crippen LogP contribution in [0.4, 0.5) is 0 Å². The Kier molecular flexibility index (Phi) is 4.18. The minimum Gasteiger partial charge on any atom is -0.376 e.